The van der Waals surface area contributed by atoms with Gasteiger partial charge in [-0.05, 0) is 67.7 Å². The highest BCUT2D eigenvalue weighted by molar-refractivity contribution is 9.10. The van der Waals surface area contributed by atoms with E-state index >= 15 is 0 Å². The summed E-state index contributed by atoms with van der Waals surface area (Å²) in [6.07, 6.45) is 0. The van der Waals surface area contributed by atoms with Crippen LogP contribution in [0.15, 0.2) is 92.3 Å². The van der Waals surface area contributed by atoms with Gasteiger partial charge in [0, 0.05) is 4.47 Å². The summed E-state index contributed by atoms with van der Waals surface area (Å²) in [6, 6.07) is 21.8. The quantitative estimate of drug-likeness (QED) is 0.176. The van der Waals surface area contributed by atoms with Crippen molar-refractivity contribution in [1.82, 2.24) is 19.2 Å². The molecule has 0 atom stereocenters. The maximum absolute atomic E-state index is 13.4. The third kappa shape index (κ3) is 4.51. The largest absolute Gasteiger partial charge is 0.492 e. The van der Waals surface area contributed by atoms with Gasteiger partial charge >= 0.3 is 5.56 Å². The molecule has 0 spiro atoms. The number of H-pyrrole nitrogens is 1. The van der Waals surface area contributed by atoms with E-state index in [9.17, 15) is 9.90 Å². The molecule has 0 saturated carbocycles. The van der Waals surface area contributed by atoms with Crippen molar-refractivity contribution in [3.8, 4) is 11.6 Å². The van der Waals surface area contributed by atoms with Crippen molar-refractivity contribution in [2.75, 3.05) is 5.43 Å². The number of hydrogen-bond donors (Lipinski definition) is 3. The Labute approximate surface area is 212 Å². The first-order valence-electron chi connectivity index (χ1n) is 10.5. The number of aromatic hydroxyl groups is 1. The number of rotatable bonds is 5. The fourth-order valence-electron chi connectivity index (χ4n) is 3.42. The van der Waals surface area contributed by atoms with Crippen LogP contribution < -0.4 is 11.0 Å². The molecule has 2 heterocycles. The Bertz CT molecular complexity index is 1650. The molecule has 3 aromatic carbocycles. The number of aromatic amines is 1. The first-order chi connectivity index (χ1) is 16.9. The lowest BCUT2D eigenvalue weighted by atomic mass is 10.2. The average molecular weight is 548 g/mol. The molecule has 0 aliphatic heterocycles. The van der Waals surface area contributed by atoms with Crippen molar-refractivity contribution in [1.29, 1.82) is 0 Å². The molecule has 0 aliphatic carbocycles. The van der Waals surface area contributed by atoms with E-state index in [1.165, 1.54) is 4.57 Å². The summed E-state index contributed by atoms with van der Waals surface area (Å²) in [5, 5.41) is 19.3. The second-order valence-electron chi connectivity index (χ2n) is 7.66. The van der Waals surface area contributed by atoms with Gasteiger partial charge in [0.2, 0.25) is 22.3 Å². The predicted octanol–water partition coefficient (Wildman–Crippen LogP) is 6.31. The van der Waals surface area contributed by atoms with Gasteiger partial charge < -0.3 is 10.1 Å². The Morgan fingerprint density at radius 3 is 2.46 bits per heavy atom. The van der Waals surface area contributed by atoms with Crippen molar-refractivity contribution < 1.29 is 5.11 Å². The Balaban J connectivity index is 1.68. The molecule has 0 saturated heterocycles. The van der Waals surface area contributed by atoms with Gasteiger partial charge in [-0.25, -0.2) is 4.98 Å². The van der Waals surface area contributed by atoms with Crippen LogP contribution in [-0.2, 0) is 0 Å². The molecule has 5 aromatic rings. The second-order valence-corrected chi connectivity index (χ2v) is 8.94. The lowest BCUT2D eigenvalue weighted by molar-refractivity contribution is 0.431. The zero-order chi connectivity index (χ0) is 24.5. The van der Waals surface area contributed by atoms with E-state index in [1.54, 1.807) is 36.4 Å². The van der Waals surface area contributed by atoms with Crippen LogP contribution in [0, 0.1) is 11.7 Å². The molecule has 0 radical (unpaired) electrons. The van der Waals surface area contributed by atoms with Gasteiger partial charge in [-0.15, -0.1) is 5.11 Å². The topological polar surface area (TPSA) is 113 Å². The predicted molar refractivity (Wildman–Crippen MR) is 141 cm³/mol. The zero-order valence-electron chi connectivity index (χ0n) is 18.3. The molecule has 2 aromatic heterocycles. The van der Waals surface area contributed by atoms with Crippen LogP contribution in [0.25, 0.3) is 16.7 Å². The van der Waals surface area contributed by atoms with Gasteiger partial charge in [-0.2, -0.15) is 9.79 Å². The average Bonchev–Trinajstić information content (AvgIpc) is 3.27. The molecule has 0 bridgehead atoms. The van der Waals surface area contributed by atoms with Crippen LogP contribution in [-0.4, -0.2) is 24.3 Å². The van der Waals surface area contributed by atoms with E-state index < -0.39 is 11.4 Å². The molecule has 3 N–H and O–H groups in total. The summed E-state index contributed by atoms with van der Waals surface area (Å²) >= 11 is 8.99. The summed E-state index contributed by atoms with van der Waals surface area (Å²) in [5.41, 5.74) is 5.57. The van der Waals surface area contributed by atoms with Crippen molar-refractivity contribution >= 4 is 56.5 Å². The van der Waals surface area contributed by atoms with Crippen LogP contribution in [0.4, 0.5) is 17.3 Å². The number of azo groups is 1. The highest BCUT2D eigenvalue weighted by Crippen LogP contribution is 2.29. The minimum absolute atomic E-state index is 0.00966. The van der Waals surface area contributed by atoms with Gasteiger partial charge in [-0.1, -0.05) is 45.8 Å². The minimum atomic E-state index is -0.683. The number of para-hydroxylation sites is 2. The number of halogens is 1. The van der Waals surface area contributed by atoms with Gasteiger partial charge in [-0.3, -0.25) is 14.8 Å². The molecular weight excluding hydrogens is 530 g/mol. The fourth-order valence-corrected chi connectivity index (χ4v) is 4.01. The van der Waals surface area contributed by atoms with Crippen LogP contribution in [0.5, 0.6) is 5.88 Å². The Hall–Kier alpha value is -4.09. The minimum Gasteiger partial charge on any atom is -0.492 e. The first-order valence-corrected chi connectivity index (χ1v) is 11.7. The van der Waals surface area contributed by atoms with E-state index in [0.717, 1.165) is 20.2 Å². The third-order valence-corrected chi connectivity index (χ3v) is 6.10. The highest BCUT2D eigenvalue weighted by Gasteiger charge is 2.19. The lowest BCUT2D eigenvalue weighted by Gasteiger charge is -2.16. The van der Waals surface area contributed by atoms with Gasteiger partial charge in [0.25, 0.3) is 0 Å². The molecular formula is C24H18BrN7O2S. The summed E-state index contributed by atoms with van der Waals surface area (Å²) in [7, 11) is 0. The number of aromatic nitrogens is 4. The number of imidazole rings is 1. The Kier molecular flexibility index (Phi) is 6.01. The monoisotopic (exact) mass is 547 g/mol. The summed E-state index contributed by atoms with van der Waals surface area (Å²) in [6.45, 7) is 1.96. The van der Waals surface area contributed by atoms with Crippen molar-refractivity contribution in [2.45, 2.75) is 6.92 Å². The van der Waals surface area contributed by atoms with Crippen LogP contribution in [0.2, 0.25) is 0 Å². The standard InChI is InChI=1S/C24H18BrN7O2S/c1-14-6-10-16(11-7-14)28-29-20-21(33)31(17-12-8-15(25)9-13-17)24(35)32(22(20)34)30-23-26-18-4-2-3-5-19(18)27-23/h2-13,33H,1H3,(H2,26,27,30). The van der Waals surface area contributed by atoms with Gasteiger partial charge in [0.15, 0.2) is 0 Å². The van der Waals surface area contributed by atoms with Crippen molar-refractivity contribution in [3.05, 3.63) is 98.0 Å². The lowest BCUT2D eigenvalue weighted by Crippen LogP contribution is -2.30. The van der Waals surface area contributed by atoms with Crippen molar-refractivity contribution in [2.24, 2.45) is 10.2 Å². The smallest absolute Gasteiger partial charge is 0.305 e. The Morgan fingerprint density at radius 1 is 1.03 bits per heavy atom. The van der Waals surface area contributed by atoms with Crippen LogP contribution in [0.1, 0.15) is 5.56 Å². The number of nitrogens with one attached hydrogen (secondary N) is 2. The van der Waals surface area contributed by atoms with Crippen LogP contribution in [0.3, 0.4) is 0 Å². The maximum atomic E-state index is 13.4. The summed E-state index contributed by atoms with van der Waals surface area (Å²) in [4.78, 5) is 21.0. The normalized spacial score (nSPS) is 11.4. The number of fused-ring (bicyclic) bond motifs is 1. The van der Waals surface area contributed by atoms with E-state index in [0.29, 0.717) is 22.8 Å². The molecule has 0 fully saturated rings. The molecule has 174 valence electrons. The van der Waals surface area contributed by atoms with Gasteiger partial charge in [0.05, 0.1) is 22.4 Å². The molecule has 11 heteroatoms. The summed E-state index contributed by atoms with van der Waals surface area (Å²) in [5.74, 6) is -0.130. The van der Waals surface area contributed by atoms with E-state index in [1.807, 2.05) is 43.3 Å². The van der Waals surface area contributed by atoms with E-state index in [-0.39, 0.29) is 10.5 Å². The van der Waals surface area contributed by atoms with E-state index in [4.69, 9.17) is 12.2 Å². The van der Waals surface area contributed by atoms with Crippen molar-refractivity contribution in [3.63, 3.8) is 0 Å². The SMILES string of the molecule is Cc1ccc(N=Nc2c(O)n(-c3ccc(Br)cc3)c(=S)n(Nc3nc4ccccc4[nH]3)c2=O)cc1. The Morgan fingerprint density at radius 2 is 1.74 bits per heavy atom. The third-order valence-electron chi connectivity index (χ3n) is 5.20. The number of nitrogens with zero attached hydrogens (tertiary/aromatic N) is 5. The number of benzene rings is 3. The molecule has 0 aliphatic rings. The highest BCUT2D eigenvalue weighted by atomic mass is 79.9. The molecule has 9 nitrogen and oxygen atoms in total. The molecule has 5 rings (SSSR count). The fraction of sp³-hybridized carbons (Fsp3) is 0.0417. The molecule has 0 amide bonds. The van der Waals surface area contributed by atoms with Gasteiger partial charge in [0.1, 0.15) is 0 Å². The number of hydrogen-bond acceptors (Lipinski definition) is 7. The number of anilines is 1. The van der Waals surface area contributed by atoms with Crippen LogP contribution >= 0.6 is 28.1 Å². The maximum Gasteiger partial charge on any atom is 0.305 e. The van der Waals surface area contributed by atoms with E-state index in [2.05, 4.69) is 41.6 Å². The first kappa shape index (κ1) is 22.7. The number of aryl methyl sites for hydroxylation is 1. The molecule has 35 heavy (non-hydrogen) atoms. The second kappa shape index (κ2) is 9.28. The summed E-state index contributed by atoms with van der Waals surface area (Å²) < 4.78 is 3.27. The molecule has 0 unspecified atom stereocenters. The zero-order valence-corrected chi connectivity index (χ0v) is 20.7.